The Balaban J connectivity index is 1.26. The molecule has 1 saturated heterocycles. The number of aliphatic hydroxyl groups is 1. The molecule has 5 rings (SSSR count). The first-order valence-electron chi connectivity index (χ1n) is 11.6. The minimum atomic E-state index is -1.11. The molecule has 0 atom stereocenters. The highest BCUT2D eigenvalue weighted by Crippen LogP contribution is 2.33. The number of urea groups is 1. The normalized spacial score (nSPS) is 17.4. The van der Waals surface area contributed by atoms with Crippen LogP contribution in [0.5, 0.6) is 0 Å². The lowest BCUT2D eigenvalue weighted by atomic mass is 9.91. The van der Waals surface area contributed by atoms with Gasteiger partial charge in [-0.3, -0.25) is 14.2 Å². The minimum absolute atomic E-state index is 0.0636. The molecule has 35 heavy (non-hydrogen) atoms. The number of hydrogen-bond acceptors (Lipinski definition) is 5. The molecule has 1 aliphatic carbocycles. The van der Waals surface area contributed by atoms with Crippen LogP contribution in [0.3, 0.4) is 0 Å². The van der Waals surface area contributed by atoms with Gasteiger partial charge in [0.05, 0.1) is 24.0 Å². The maximum absolute atomic E-state index is 13.7. The summed E-state index contributed by atoms with van der Waals surface area (Å²) in [5.74, 6) is -0.117. The number of carbonyl (C=O) groups excluding carboxylic acids is 2. The summed E-state index contributed by atoms with van der Waals surface area (Å²) in [4.78, 5) is 39.5. The van der Waals surface area contributed by atoms with Crippen LogP contribution < -0.4 is 16.2 Å². The van der Waals surface area contributed by atoms with Crippen LogP contribution in [0.25, 0.3) is 5.52 Å². The van der Waals surface area contributed by atoms with Gasteiger partial charge >= 0.3 is 6.03 Å². The molecule has 1 aromatic carbocycles. The highest BCUT2D eigenvalue weighted by molar-refractivity contribution is 6.00. The van der Waals surface area contributed by atoms with Crippen LogP contribution in [0.2, 0.25) is 0 Å². The zero-order chi connectivity index (χ0) is 24.7. The predicted molar refractivity (Wildman–Crippen MR) is 127 cm³/mol. The third kappa shape index (κ3) is 4.76. The second-order valence-electron chi connectivity index (χ2n) is 9.44. The van der Waals surface area contributed by atoms with Gasteiger partial charge in [0.2, 0.25) is 5.91 Å². The van der Waals surface area contributed by atoms with Crippen molar-refractivity contribution < 1.29 is 19.1 Å². The number of nitrogens with one attached hydrogen (secondary N) is 2. The SMILES string of the molecule is Cc1c(F)cccc1NC(=O)Nc1cc2c(=O)n(CC3(O)CCN(C(=O)C4CC4)CC3)cnn2c1. The molecule has 0 radical (unpaired) electrons. The van der Waals surface area contributed by atoms with Gasteiger partial charge in [-0.05, 0) is 50.8 Å². The van der Waals surface area contributed by atoms with Gasteiger partial charge in [-0.1, -0.05) is 6.07 Å². The van der Waals surface area contributed by atoms with E-state index < -0.39 is 17.4 Å². The number of fused-ring (bicyclic) bond motifs is 1. The van der Waals surface area contributed by atoms with Crippen molar-refractivity contribution in [3.63, 3.8) is 0 Å². The quantitative estimate of drug-likeness (QED) is 0.516. The number of likely N-dealkylation sites (tertiary alicyclic amines) is 1. The number of piperidine rings is 1. The van der Waals surface area contributed by atoms with E-state index in [1.807, 2.05) is 0 Å². The fraction of sp³-hybridized carbons (Fsp3) is 0.417. The van der Waals surface area contributed by atoms with Crippen molar-refractivity contribution in [3.8, 4) is 0 Å². The van der Waals surface area contributed by atoms with Crippen molar-refractivity contribution >= 4 is 28.8 Å². The fourth-order valence-corrected chi connectivity index (χ4v) is 4.44. The Labute approximate surface area is 200 Å². The summed E-state index contributed by atoms with van der Waals surface area (Å²) in [7, 11) is 0. The van der Waals surface area contributed by atoms with E-state index in [-0.39, 0.29) is 29.4 Å². The summed E-state index contributed by atoms with van der Waals surface area (Å²) in [5, 5.41) is 20.5. The van der Waals surface area contributed by atoms with Gasteiger partial charge in [-0.25, -0.2) is 13.7 Å². The van der Waals surface area contributed by atoms with Gasteiger partial charge in [0.25, 0.3) is 5.56 Å². The number of aromatic nitrogens is 3. The Kier molecular flexibility index (Phi) is 5.79. The molecule has 2 aliphatic rings. The summed E-state index contributed by atoms with van der Waals surface area (Å²) in [6.07, 6.45) is 5.51. The highest BCUT2D eigenvalue weighted by Gasteiger charge is 2.39. The zero-order valence-corrected chi connectivity index (χ0v) is 19.3. The zero-order valence-electron chi connectivity index (χ0n) is 19.3. The van der Waals surface area contributed by atoms with Gasteiger partial charge in [0.1, 0.15) is 17.7 Å². The number of rotatable bonds is 5. The Morgan fingerprint density at radius 2 is 1.97 bits per heavy atom. The molecule has 3 aromatic rings. The second-order valence-corrected chi connectivity index (χ2v) is 9.44. The van der Waals surface area contributed by atoms with Gasteiger partial charge in [-0.2, -0.15) is 5.10 Å². The van der Waals surface area contributed by atoms with E-state index in [1.54, 1.807) is 17.9 Å². The average Bonchev–Trinajstić information content (AvgIpc) is 3.59. The van der Waals surface area contributed by atoms with E-state index in [0.29, 0.717) is 42.9 Å². The molecule has 184 valence electrons. The largest absolute Gasteiger partial charge is 0.388 e. The van der Waals surface area contributed by atoms with Crippen LogP contribution >= 0.6 is 0 Å². The number of halogens is 1. The Bertz CT molecular complexity index is 1350. The molecule has 2 aromatic heterocycles. The molecule has 1 aliphatic heterocycles. The van der Waals surface area contributed by atoms with Gasteiger partial charge in [0, 0.05) is 30.3 Å². The number of benzene rings is 1. The Morgan fingerprint density at radius 3 is 2.69 bits per heavy atom. The smallest absolute Gasteiger partial charge is 0.323 e. The van der Waals surface area contributed by atoms with Crippen molar-refractivity contribution in [2.24, 2.45) is 5.92 Å². The van der Waals surface area contributed by atoms with Crippen LogP contribution in [0.15, 0.2) is 41.6 Å². The fourth-order valence-electron chi connectivity index (χ4n) is 4.44. The summed E-state index contributed by atoms with van der Waals surface area (Å²) < 4.78 is 16.4. The third-order valence-electron chi connectivity index (χ3n) is 6.77. The standard InChI is InChI=1S/C24H27FN6O4/c1-15-18(25)3-2-4-19(15)28-23(34)27-17-11-20-22(33)30(14-26-31(20)12-17)13-24(35)7-9-29(10-8-24)21(32)16-5-6-16/h2-4,11-12,14,16,35H,5-10,13H2,1H3,(H2,27,28,34). The topological polar surface area (TPSA) is 121 Å². The lowest BCUT2D eigenvalue weighted by Gasteiger charge is -2.38. The minimum Gasteiger partial charge on any atom is -0.388 e. The first kappa shape index (κ1) is 23.0. The van der Waals surface area contributed by atoms with E-state index in [0.717, 1.165) is 12.8 Å². The van der Waals surface area contributed by atoms with E-state index in [1.165, 1.54) is 39.8 Å². The first-order chi connectivity index (χ1) is 16.7. The summed E-state index contributed by atoms with van der Waals surface area (Å²) in [5.41, 5.74) is -0.251. The maximum Gasteiger partial charge on any atom is 0.323 e. The lowest BCUT2D eigenvalue weighted by Crippen LogP contribution is -2.50. The molecule has 0 unspecified atom stereocenters. The van der Waals surface area contributed by atoms with Crippen LogP contribution in [-0.2, 0) is 11.3 Å². The molecule has 3 N–H and O–H groups in total. The van der Waals surface area contributed by atoms with Crippen molar-refractivity contribution in [2.45, 2.75) is 44.8 Å². The van der Waals surface area contributed by atoms with Gasteiger partial charge < -0.3 is 20.6 Å². The number of nitrogens with zero attached hydrogens (tertiary/aromatic N) is 4. The molecule has 10 nitrogen and oxygen atoms in total. The van der Waals surface area contributed by atoms with Crippen molar-refractivity contribution in [1.82, 2.24) is 19.1 Å². The molecular formula is C24H27FN6O4. The number of hydrogen-bond donors (Lipinski definition) is 3. The summed E-state index contributed by atoms with van der Waals surface area (Å²) >= 11 is 0. The van der Waals surface area contributed by atoms with Crippen LogP contribution in [0, 0.1) is 18.7 Å². The average molecular weight is 483 g/mol. The summed E-state index contributed by atoms with van der Waals surface area (Å²) in [6.45, 7) is 2.56. The Hall–Kier alpha value is -3.73. The molecule has 3 amide bonds. The molecule has 11 heteroatoms. The number of amides is 3. The van der Waals surface area contributed by atoms with E-state index in [4.69, 9.17) is 0 Å². The second kappa shape index (κ2) is 8.81. The first-order valence-corrected chi connectivity index (χ1v) is 11.6. The van der Waals surface area contributed by atoms with E-state index >= 15 is 0 Å². The molecule has 1 saturated carbocycles. The van der Waals surface area contributed by atoms with Crippen LogP contribution in [-0.4, -0.2) is 54.8 Å². The molecule has 0 bridgehead atoms. The number of anilines is 2. The van der Waals surface area contributed by atoms with Crippen molar-refractivity contribution in [3.05, 3.63) is 58.5 Å². The van der Waals surface area contributed by atoms with Crippen LogP contribution in [0.1, 0.15) is 31.2 Å². The highest BCUT2D eigenvalue weighted by atomic mass is 19.1. The van der Waals surface area contributed by atoms with E-state index in [2.05, 4.69) is 15.7 Å². The van der Waals surface area contributed by atoms with Gasteiger partial charge in [-0.15, -0.1) is 0 Å². The molecular weight excluding hydrogens is 455 g/mol. The van der Waals surface area contributed by atoms with Gasteiger partial charge in [0.15, 0.2) is 0 Å². The number of carbonyl (C=O) groups is 2. The third-order valence-corrected chi connectivity index (χ3v) is 6.77. The molecule has 0 spiro atoms. The van der Waals surface area contributed by atoms with Crippen molar-refractivity contribution in [2.75, 3.05) is 23.7 Å². The molecule has 3 heterocycles. The van der Waals surface area contributed by atoms with Crippen LogP contribution in [0.4, 0.5) is 20.6 Å². The lowest BCUT2D eigenvalue weighted by molar-refractivity contribution is -0.137. The Morgan fingerprint density at radius 1 is 1.23 bits per heavy atom. The predicted octanol–water partition coefficient (Wildman–Crippen LogP) is 2.35. The maximum atomic E-state index is 13.7. The molecule has 2 fully saturated rings. The van der Waals surface area contributed by atoms with Crippen molar-refractivity contribution in [1.29, 1.82) is 0 Å². The summed E-state index contributed by atoms with van der Waals surface area (Å²) in [6, 6.07) is 5.30. The van der Waals surface area contributed by atoms with E-state index in [9.17, 15) is 23.9 Å². The monoisotopic (exact) mass is 482 g/mol.